The van der Waals surface area contributed by atoms with Gasteiger partial charge in [0, 0.05) is 13.0 Å². The molecule has 3 rings (SSSR count). The quantitative estimate of drug-likeness (QED) is 0.857. The first-order chi connectivity index (χ1) is 10.7. The van der Waals surface area contributed by atoms with Crippen LogP contribution in [0.1, 0.15) is 18.1 Å². The van der Waals surface area contributed by atoms with Crippen molar-refractivity contribution >= 4 is 5.91 Å². The van der Waals surface area contributed by atoms with Crippen LogP contribution < -0.4 is 0 Å². The zero-order valence-electron chi connectivity index (χ0n) is 12.1. The van der Waals surface area contributed by atoms with Crippen molar-refractivity contribution in [3.63, 3.8) is 0 Å². The maximum Gasteiger partial charge on any atom is 0.224 e. The molecule has 1 aliphatic rings. The second-order valence-corrected chi connectivity index (χ2v) is 5.16. The van der Waals surface area contributed by atoms with Gasteiger partial charge in [0.15, 0.2) is 0 Å². The van der Waals surface area contributed by atoms with Crippen molar-refractivity contribution in [3.8, 4) is 0 Å². The number of aromatic nitrogens is 3. The number of carbonyl (C=O) groups excluding carboxylic acids is 1. The molecule has 0 bridgehead atoms. The van der Waals surface area contributed by atoms with Gasteiger partial charge in [0.2, 0.25) is 5.91 Å². The van der Waals surface area contributed by atoms with Crippen molar-refractivity contribution in [2.75, 3.05) is 19.7 Å². The summed E-state index contributed by atoms with van der Waals surface area (Å²) < 4.78 is 20.3. The van der Waals surface area contributed by atoms with Gasteiger partial charge in [-0.25, -0.2) is 9.37 Å². The average Bonchev–Trinajstić information content (AvgIpc) is 3.07. The molecular weight excluding hydrogens is 287 g/mol. The van der Waals surface area contributed by atoms with Crippen LogP contribution in [0.15, 0.2) is 36.9 Å². The SMILES string of the molecule is O=C(CCn1cncn1)N1CCO[C@H](c2ccc(F)cc2)C1. The lowest BCUT2D eigenvalue weighted by molar-refractivity contribution is -0.139. The van der Waals surface area contributed by atoms with Crippen LogP contribution in [0.25, 0.3) is 0 Å². The van der Waals surface area contributed by atoms with Crippen molar-refractivity contribution in [3.05, 3.63) is 48.3 Å². The lowest BCUT2D eigenvalue weighted by atomic mass is 10.1. The van der Waals surface area contributed by atoms with Crippen molar-refractivity contribution in [1.29, 1.82) is 0 Å². The second kappa shape index (κ2) is 6.65. The third-order valence-electron chi connectivity index (χ3n) is 3.68. The lowest BCUT2D eigenvalue weighted by Crippen LogP contribution is -2.42. The Kier molecular flexibility index (Phi) is 4.43. The second-order valence-electron chi connectivity index (χ2n) is 5.16. The van der Waals surface area contributed by atoms with Gasteiger partial charge in [-0.05, 0) is 17.7 Å². The van der Waals surface area contributed by atoms with Gasteiger partial charge in [0.05, 0.1) is 19.7 Å². The number of rotatable bonds is 4. The van der Waals surface area contributed by atoms with Crippen molar-refractivity contribution in [2.24, 2.45) is 0 Å². The molecule has 0 aliphatic carbocycles. The number of hydrogen-bond donors (Lipinski definition) is 0. The number of ether oxygens (including phenoxy) is 1. The summed E-state index contributed by atoms with van der Waals surface area (Å²) in [5, 5.41) is 3.98. The molecule has 1 aromatic carbocycles. The van der Waals surface area contributed by atoms with E-state index in [4.69, 9.17) is 4.74 Å². The maximum absolute atomic E-state index is 13.0. The van der Waals surface area contributed by atoms with E-state index in [1.807, 2.05) is 0 Å². The van der Waals surface area contributed by atoms with Crippen LogP contribution >= 0.6 is 0 Å². The molecule has 1 aliphatic heterocycles. The van der Waals surface area contributed by atoms with Gasteiger partial charge in [-0.15, -0.1) is 0 Å². The molecule has 1 saturated heterocycles. The Hall–Kier alpha value is -2.28. The first-order valence-electron chi connectivity index (χ1n) is 7.19. The maximum atomic E-state index is 13.0. The molecule has 0 radical (unpaired) electrons. The molecular formula is C15H17FN4O2. The molecule has 0 saturated carbocycles. The zero-order chi connectivity index (χ0) is 15.4. The molecule has 1 fully saturated rings. The number of morpholine rings is 1. The smallest absolute Gasteiger partial charge is 0.224 e. The van der Waals surface area contributed by atoms with Gasteiger partial charge in [-0.1, -0.05) is 12.1 Å². The van der Waals surface area contributed by atoms with Crippen molar-refractivity contribution < 1.29 is 13.9 Å². The van der Waals surface area contributed by atoms with E-state index in [0.717, 1.165) is 5.56 Å². The Bertz CT molecular complexity index is 615. The van der Waals surface area contributed by atoms with E-state index in [2.05, 4.69) is 10.1 Å². The van der Waals surface area contributed by atoms with Gasteiger partial charge >= 0.3 is 0 Å². The summed E-state index contributed by atoms with van der Waals surface area (Å²) in [7, 11) is 0. The monoisotopic (exact) mass is 304 g/mol. The minimum atomic E-state index is -0.277. The average molecular weight is 304 g/mol. The molecule has 7 heteroatoms. The first-order valence-corrected chi connectivity index (χ1v) is 7.19. The fraction of sp³-hybridized carbons (Fsp3) is 0.400. The van der Waals surface area contributed by atoms with Crippen LogP contribution in [0.2, 0.25) is 0 Å². The molecule has 2 aromatic rings. The summed E-state index contributed by atoms with van der Waals surface area (Å²) in [6.45, 7) is 2.06. The van der Waals surface area contributed by atoms with Crippen molar-refractivity contribution in [1.82, 2.24) is 19.7 Å². The third-order valence-corrected chi connectivity index (χ3v) is 3.68. The minimum absolute atomic E-state index is 0.0610. The van der Waals surface area contributed by atoms with E-state index in [9.17, 15) is 9.18 Å². The molecule has 22 heavy (non-hydrogen) atoms. The Morgan fingerprint density at radius 3 is 2.91 bits per heavy atom. The van der Waals surface area contributed by atoms with Gasteiger partial charge in [0.25, 0.3) is 0 Å². The molecule has 1 aromatic heterocycles. The van der Waals surface area contributed by atoms with Crippen molar-refractivity contribution in [2.45, 2.75) is 19.1 Å². The van der Waals surface area contributed by atoms with E-state index in [0.29, 0.717) is 32.7 Å². The fourth-order valence-corrected chi connectivity index (χ4v) is 2.47. The highest BCUT2D eigenvalue weighted by molar-refractivity contribution is 5.76. The number of hydrogen-bond acceptors (Lipinski definition) is 4. The minimum Gasteiger partial charge on any atom is -0.370 e. The topological polar surface area (TPSA) is 60.2 Å². The summed E-state index contributed by atoms with van der Waals surface area (Å²) in [6.07, 6.45) is 3.21. The molecule has 0 unspecified atom stereocenters. The standard InChI is InChI=1S/C15H17FN4O2/c16-13-3-1-12(2-4-13)14-9-19(7-8-22-14)15(21)5-6-20-11-17-10-18-20/h1-4,10-11,14H,5-9H2/t14-/m0/s1. The van der Waals surface area contributed by atoms with Crippen LogP contribution in [0.3, 0.4) is 0 Å². The Morgan fingerprint density at radius 1 is 1.36 bits per heavy atom. The Labute approximate surface area is 127 Å². The predicted octanol–water partition coefficient (Wildman–Crippen LogP) is 1.41. The molecule has 6 nitrogen and oxygen atoms in total. The van der Waals surface area contributed by atoms with Crippen LogP contribution in [0.5, 0.6) is 0 Å². The number of carbonyl (C=O) groups is 1. The number of nitrogens with zero attached hydrogens (tertiary/aromatic N) is 4. The predicted molar refractivity (Wildman–Crippen MR) is 76.3 cm³/mol. The highest BCUT2D eigenvalue weighted by atomic mass is 19.1. The van der Waals surface area contributed by atoms with Gasteiger partial charge in [0.1, 0.15) is 24.6 Å². The summed E-state index contributed by atoms with van der Waals surface area (Å²) >= 11 is 0. The Balaban J connectivity index is 1.57. The van der Waals surface area contributed by atoms with Crippen LogP contribution in [-0.4, -0.2) is 45.3 Å². The van der Waals surface area contributed by atoms with Gasteiger partial charge in [-0.2, -0.15) is 5.10 Å². The van der Waals surface area contributed by atoms with E-state index < -0.39 is 0 Å². The number of aryl methyl sites for hydroxylation is 1. The lowest BCUT2D eigenvalue weighted by Gasteiger charge is -2.33. The summed E-state index contributed by atoms with van der Waals surface area (Å²) in [4.78, 5) is 17.9. The van der Waals surface area contributed by atoms with Gasteiger partial charge < -0.3 is 9.64 Å². The van der Waals surface area contributed by atoms with E-state index in [-0.39, 0.29) is 17.8 Å². The number of benzene rings is 1. The van der Waals surface area contributed by atoms with E-state index >= 15 is 0 Å². The molecule has 1 amide bonds. The summed E-state index contributed by atoms with van der Waals surface area (Å²) in [5.74, 6) is -0.216. The molecule has 2 heterocycles. The molecule has 1 atom stereocenters. The number of halogens is 1. The van der Waals surface area contributed by atoms with Crippen LogP contribution in [0, 0.1) is 5.82 Å². The highest BCUT2D eigenvalue weighted by Gasteiger charge is 2.25. The molecule has 0 N–H and O–H groups in total. The zero-order valence-corrected chi connectivity index (χ0v) is 12.1. The van der Waals surface area contributed by atoms with E-state index in [1.54, 1.807) is 28.0 Å². The largest absolute Gasteiger partial charge is 0.370 e. The third kappa shape index (κ3) is 3.48. The van der Waals surface area contributed by atoms with Crippen LogP contribution in [-0.2, 0) is 16.1 Å². The molecule has 0 spiro atoms. The highest BCUT2D eigenvalue weighted by Crippen LogP contribution is 2.22. The fourth-order valence-electron chi connectivity index (χ4n) is 2.47. The Morgan fingerprint density at radius 2 is 2.18 bits per heavy atom. The molecule has 116 valence electrons. The summed E-state index contributed by atoms with van der Waals surface area (Å²) in [5.41, 5.74) is 0.884. The normalized spacial score (nSPS) is 18.4. The number of amides is 1. The van der Waals surface area contributed by atoms with Crippen LogP contribution in [0.4, 0.5) is 4.39 Å². The van der Waals surface area contributed by atoms with E-state index in [1.165, 1.54) is 18.5 Å². The van der Waals surface area contributed by atoms with Gasteiger partial charge in [-0.3, -0.25) is 9.48 Å². The summed E-state index contributed by atoms with van der Waals surface area (Å²) in [6, 6.07) is 6.21. The first kappa shape index (κ1) is 14.6.